The molecule has 176 valence electrons. The zero-order valence-corrected chi connectivity index (χ0v) is 19.8. The van der Waals surface area contributed by atoms with Crippen molar-refractivity contribution < 1.29 is 28.0 Å². The Balaban J connectivity index is 1.59. The maximum absolute atomic E-state index is 14.9. The third kappa shape index (κ3) is 4.60. The van der Waals surface area contributed by atoms with Crippen LogP contribution in [0.15, 0.2) is 42.5 Å². The Hall–Kier alpha value is -3.01. The van der Waals surface area contributed by atoms with Crippen LogP contribution in [0.4, 0.5) is 8.78 Å². The summed E-state index contributed by atoms with van der Waals surface area (Å²) in [7, 11) is 29.2. The van der Waals surface area contributed by atoms with E-state index in [0.29, 0.717) is 5.56 Å². The van der Waals surface area contributed by atoms with Gasteiger partial charge in [0.15, 0.2) is 0 Å². The van der Waals surface area contributed by atoms with Crippen LogP contribution in [-0.4, -0.2) is 78.7 Å². The van der Waals surface area contributed by atoms with Crippen LogP contribution >= 0.6 is 11.6 Å². The van der Waals surface area contributed by atoms with Gasteiger partial charge < -0.3 is 9.71 Å². The van der Waals surface area contributed by atoms with Crippen molar-refractivity contribution in [3.63, 3.8) is 0 Å². The van der Waals surface area contributed by atoms with E-state index in [0.717, 1.165) is 17.0 Å². The zero-order valence-electron chi connectivity index (χ0n) is 19.1. The summed E-state index contributed by atoms with van der Waals surface area (Å²) in [6.07, 6.45) is -0.327. The normalized spacial score (nSPS) is 19.4. The lowest BCUT2D eigenvalue weighted by Gasteiger charge is -2.40. The molecule has 15 heteroatoms. The molecule has 37 heavy (non-hydrogen) atoms. The molecule has 2 aliphatic heterocycles. The number of benzene rings is 2. The van der Waals surface area contributed by atoms with Gasteiger partial charge in [0.2, 0.25) is 19.8 Å². The predicted octanol–water partition coefficient (Wildman–Crippen LogP) is 0.315. The fourth-order valence-corrected chi connectivity index (χ4v) is 4.28. The minimum atomic E-state index is -4.09. The highest BCUT2D eigenvalue weighted by Crippen LogP contribution is 2.37. The molecule has 0 spiro atoms. The molecular formula is C22H13B5ClF2N3O4. The lowest BCUT2D eigenvalue weighted by molar-refractivity contribution is -0.155. The number of hydrogen-bond acceptors (Lipinski definition) is 4. The molecule has 1 fully saturated rings. The second-order valence-corrected chi connectivity index (χ2v) is 9.40. The Kier molecular flexibility index (Phi) is 6.63. The van der Waals surface area contributed by atoms with Crippen molar-refractivity contribution in [1.29, 1.82) is 0 Å². The Morgan fingerprint density at radius 3 is 2.30 bits per heavy atom. The van der Waals surface area contributed by atoms with Gasteiger partial charge in [0, 0.05) is 22.7 Å². The number of piperidine rings is 1. The second-order valence-electron chi connectivity index (χ2n) is 8.97. The van der Waals surface area contributed by atoms with Crippen LogP contribution in [0.25, 0.3) is 0 Å². The van der Waals surface area contributed by atoms with Crippen LogP contribution in [0.3, 0.4) is 0 Å². The van der Waals surface area contributed by atoms with Crippen molar-refractivity contribution in [3.05, 3.63) is 69.7 Å². The summed E-state index contributed by atoms with van der Waals surface area (Å²) in [5.41, 5.74) is -0.273. The van der Waals surface area contributed by atoms with E-state index in [-0.39, 0.29) is 33.9 Å². The van der Waals surface area contributed by atoms with Crippen molar-refractivity contribution >= 4 is 74.6 Å². The molecule has 10 radical (unpaired) electrons. The Morgan fingerprint density at radius 2 is 1.68 bits per heavy atom. The number of nitrogens with one attached hydrogen (secondary N) is 1. The van der Waals surface area contributed by atoms with E-state index in [1.54, 1.807) is 0 Å². The molecule has 1 saturated heterocycles. The van der Waals surface area contributed by atoms with Crippen molar-refractivity contribution in [1.82, 2.24) is 15.0 Å². The van der Waals surface area contributed by atoms with E-state index in [4.69, 9.17) is 51.0 Å². The lowest BCUT2D eigenvalue weighted by atomic mass is 9.50. The number of carbonyl (C=O) groups excluding carboxylic acids is 4. The van der Waals surface area contributed by atoms with E-state index >= 15 is 0 Å². The van der Waals surface area contributed by atoms with Gasteiger partial charge in [-0.1, -0.05) is 35.9 Å². The average molecular weight is 511 g/mol. The van der Waals surface area contributed by atoms with Crippen LogP contribution in [-0.2, 0) is 32.2 Å². The summed E-state index contributed by atoms with van der Waals surface area (Å²) in [6.45, 7) is -0.139. The van der Waals surface area contributed by atoms with Crippen LogP contribution in [0.5, 0.6) is 0 Å². The van der Waals surface area contributed by atoms with Gasteiger partial charge in [-0.05, 0) is 46.3 Å². The molecule has 1 unspecified atom stereocenters. The Morgan fingerprint density at radius 1 is 1.08 bits per heavy atom. The first kappa shape index (κ1) is 27.0. The molecule has 0 saturated carbocycles. The minimum absolute atomic E-state index is 0.00919. The summed E-state index contributed by atoms with van der Waals surface area (Å²) in [5, 5.41) is -2.07. The van der Waals surface area contributed by atoms with Crippen LogP contribution in [0.2, 0.25) is 10.2 Å². The summed E-state index contributed by atoms with van der Waals surface area (Å²) >= 11 is 5.72. The summed E-state index contributed by atoms with van der Waals surface area (Å²) in [5.74, 6) is -8.17. The number of halogens is 3. The Bertz CT molecular complexity index is 1330. The molecule has 0 aromatic heterocycles. The standard InChI is InChI=1S/C22H13B5ClF2N3O4/c23-20(24)8-15(16(34)31-18(20)36)32-9-10-7-12(3-6-14(10)17(32)35)22(25,26)33(27)19(37)21(29,30)11-1-4-13(28)5-2-11/h1-7,15H,8-9H2,(H,31,34,36). The highest BCUT2D eigenvalue weighted by Gasteiger charge is 2.47. The van der Waals surface area contributed by atoms with Gasteiger partial charge in [-0.2, -0.15) is 8.78 Å². The molecule has 2 heterocycles. The predicted molar refractivity (Wildman–Crippen MR) is 133 cm³/mol. The average Bonchev–Trinajstić information content (AvgIpc) is 3.16. The van der Waals surface area contributed by atoms with E-state index in [1.807, 2.05) is 5.32 Å². The highest BCUT2D eigenvalue weighted by atomic mass is 35.5. The third-order valence-corrected chi connectivity index (χ3v) is 6.61. The monoisotopic (exact) mass is 511 g/mol. The van der Waals surface area contributed by atoms with Crippen LogP contribution in [0, 0.1) is 0 Å². The fraction of sp³-hybridized carbons (Fsp3) is 0.273. The molecule has 4 amide bonds. The lowest BCUT2D eigenvalue weighted by Crippen LogP contribution is -2.58. The maximum Gasteiger partial charge on any atom is 0.348 e. The molecule has 1 atom stereocenters. The molecule has 0 bridgehead atoms. The van der Waals surface area contributed by atoms with Gasteiger partial charge in [-0.25, -0.2) is 0 Å². The Labute approximate surface area is 222 Å². The van der Waals surface area contributed by atoms with Crippen molar-refractivity contribution in [2.75, 3.05) is 0 Å². The largest absolute Gasteiger partial charge is 0.398 e. The van der Waals surface area contributed by atoms with Gasteiger partial charge >= 0.3 is 5.92 Å². The molecule has 7 nitrogen and oxygen atoms in total. The zero-order chi connectivity index (χ0) is 27.5. The number of carbonyl (C=O) groups is 4. The van der Waals surface area contributed by atoms with Gasteiger partial charge in [0.05, 0.1) is 31.4 Å². The molecule has 2 aromatic rings. The SMILES string of the molecule is [B]N(C(=O)C(F)(F)c1ccc(Cl)cc1)C([B])([B])c1ccc2c(c1)CN(C1CC([B])([B])C(=O)NC1=O)C2=O. The first-order chi connectivity index (χ1) is 17.1. The van der Waals surface area contributed by atoms with Crippen LogP contribution in [0.1, 0.15) is 33.5 Å². The van der Waals surface area contributed by atoms with Crippen molar-refractivity contribution in [3.8, 4) is 0 Å². The topological polar surface area (TPSA) is 86.8 Å². The number of fused-ring (bicyclic) bond motifs is 1. The van der Waals surface area contributed by atoms with Gasteiger partial charge in [-0.3, -0.25) is 24.5 Å². The highest BCUT2D eigenvalue weighted by molar-refractivity contribution is 6.52. The van der Waals surface area contributed by atoms with Crippen molar-refractivity contribution in [2.24, 2.45) is 0 Å². The number of rotatable bonds is 5. The molecule has 4 rings (SSSR count). The van der Waals surface area contributed by atoms with E-state index in [1.165, 1.54) is 30.3 Å². The molecule has 1 N–H and O–H groups in total. The first-order valence-electron chi connectivity index (χ1n) is 10.8. The number of imide groups is 1. The quantitative estimate of drug-likeness (QED) is 0.464. The molecule has 2 aliphatic rings. The van der Waals surface area contributed by atoms with Crippen molar-refractivity contribution in [2.45, 2.75) is 35.5 Å². The summed E-state index contributed by atoms with van der Waals surface area (Å²) in [6, 6.07) is 7.00. The van der Waals surface area contributed by atoms with Gasteiger partial charge in [-0.15, -0.1) is 0 Å². The second kappa shape index (κ2) is 9.08. The smallest absolute Gasteiger partial charge is 0.348 e. The van der Waals surface area contributed by atoms with E-state index in [9.17, 15) is 28.0 Å². The van der Waals surface area contributed by atoms with Crippen LogP contribution < -0.4 is 5.32 Å². The summed E-state index contributed by atoms with van der Waals surface area (Å²) in [4.78, 5) is 51.0. The molecular weight excluding hydrogens is 498 g/mol. The number of hydrogen-bond donors (Lipinski definition) is 1. The first-order valence-corrected chi connectivity index (χ1v) is 11.1. The molecule has 2 aromatic carbocycles. The minimum Gasteiger partial charge on any atom is -0.398 e. The van der Waals surface area contributed by atoms with E-state index in [2.05, 4.69) is 0 Å². The van der Waals surface area contributed by atoms with Gasteiger partial charge in [0.1, 0.15) is 6.04 Å². The third-order valence-electron chi connectivity index (χ3n) is 6.36. The molecule has 0 aliphatic carbocycles. The number of amides is 4. The maximum atomic E-state index is 14.9. The van der Waals surface area contributed by atoms with E-state index < -0.39 is 51.7 Å². The fourth-order valence-electron chi connectivity index (χ4n) is 4.15. The number of alkyl halides is 2. The number of nitrogens with zero attached hydrogens (tertiary/aromatic N) is 2. The van der Waals surface area contributed by atoms with Gasteiger partial charge in [0.25, 0.3) is 11.8 Å². The summed E-state index contributed by atoms with van der Waals surface area (Å²) < 4.78 is 29.7.